The molecule has 2 aromatic rings. The number of methoxy groups -OCH3 is 2. The summed E-state index contributed by atoms with van der Waals surface area (Å²) in [5.41, 5.74) is 0.358. The number of aliphatic hydroxyl groups excluding tert-OH is 1. The molecule has 1 aliphatic heterocycles. The van der Waals surface area contributed by atoms with Crippen LogP contribution in [-0.2, 0) is 19.1 Å². The van der Waals surface area contributed by atoms with Gasteiger partial charge in [0.1, 0.15) is 11.2 Å². The molecule has 1 heterocycles. The van der Waals surface area contributed by atoms with Gasteiger partial charge in [0.25, 0.3) is 0 Å². The first kappa shape index (κ1) is 29.5. The summed E-state index contributed by atoms with van der Waals surface area (Å²) >= 11 is 0. The molecule has 39 heavy (non-hydrogen) atoms. The molecule has 0 radical (unpaired) electrons. The van der Waals surface area contributed by atoms with Gasteiger partial charge in [0.2, 0.25) is 0 Å². The van der Waals surface area contributed by atoms with Crippen LogP contribution in [0.4, 0.5) is 0 Å². The summed E-state index contributed by atoms with van der Waals surface area (Å²) in [6, 6.07) is 9.58. The Labute approximate surface area is 227 Å². The first-order chi connectivity index (χ1) is 18.5. The molecule has 9 nitrogen and oxygen atoms in total. The molecule has 0 amide bonds. The van der Waals surface area contributed by atoms with E-state index in [-0.39, 0.29) is 30.5 Å². The van der Waals surface area contributed by atoms with Gasteiger partial charge in [-0.2, -0.15) is 0 Å². The van der Waals surface area contributed by atoms with Crippen LogP contribution in [0.3, 0.4) is 0 Å². The molecule has 3 rings (SSSR count). The molecule has 0 saturated carbocycles. The summed E-state index contributed by atoms with van der Waals surface area (Å²) in [5.74, 6) is -1.09. The molecule has 9 heteroatoms. The van der Waals surface area contributed by atoms with E-state index >= 15 is 0 Å². The lowest BCUT2D eigenvalue weighted by atomic mass is 9.86. The van der Waals surface area contributed by atoms with E-state index in [0.29, 0.717) is 29.0 Å². The summed E-state index contributed by atoms with van der Waals surface area (Å²) in [7, 11) is 2.89. The number of carbonyl (C=O) groups is 2. The summed E-state index contributed by atoms with van der Waals surface area (Å²) in [6.45, 7) is 5.82. The monoisotopic (exact) mass is 538 g/mol. The Hall–Kier alpha value is -4.08. The van der Waals surface area contributed by atoms with Crippen molar-refractivity contribution in [1.29, 1.82) is 0 Å². The second-order valence-corrected chi connectivity index (χ2v) is 9.48. The average Bonchev–Trinajstić information content (AvgIpc) is 2.92. The highest BCUT2D eigenvalue weighted by Crippen LogP contribution is 2.36. The van der Waals surface area contributed by atoms with Gasteiger partial charge in [0.15, 0.2) is 34.6 Å². The third-order valence-corrected chi connectivity index (χ3v) is 6.27. The third-order valence-electron chi connectivity index (χ3n) is 6.27. The highest BCUT2D eigenvalue weighted by Gasteiger charge is 2.46. The van der Waals surface area contributed by atoms with Crippen molar-refractivity contribution in [3.8, 4) is 23.0 Å². The number of ketones is 1. The number of ether oxygens (including phenoxy) is 5. The van der Waals surface area contributed by atoms with E-state index in [1.54, 1.807) is 56.3 Å². The summed E-state index contributed by atoms with van der Waals surface area (Å²) in [6.07, 6.45) is 7.32. The van der Waals surface area contributed by atoms with Gasteiger partial charge in [-0.25, -0.2) is 0 Å². The minimum Gasteiger partial charge on any atom is -0.508 e. The summed E-state index contributed by atoms with van der Waals surface area (Å²) in [4.78, 5) is 25.3. The molecular formula is C30H34O9. The zero-order valence-electron chi connectivity index (χ0n) is 22.7. The first-order valence-electron chi connectivity index (χ1n) is 12.4. The highest BCUT2D eigenvalue weighted by molar-refractivity contribution is 6.02. The third kappa shape index (κ3) is 7.72. The number of hydrogen-bond acceptors (Lipinski definition) is 9. The highest BCUT2D eigenvalue weighted by atomic mass is 16.7. The molecule has 0 spiro atoms. The van der Waals surface area contributed by atoms with E-state index in [9.17, 15) is 19.8 Å². The molecule has 208 valence electrons. The van der Waals surface area contributed by atoms with Crippen molar-refractivity contribution in [3.05, 3.63) is 71.5 Å². The van der Waals surface area contributed by atoms with E-state index in [1.165, 1.54) is 32.4 Å². The Morgan fingerprint density at radius 2 is 1.51 bits per heavy atom. The van der Waals surface area contributed by atoms with Crippen LogP contribution in [0.5, 0.6) is 23.0 Å². The quantitative estimate of drug-likeness (QED) is 0.138. The van der Waals surface area contributed by atoms with E-state index in [0.717, 1.165) is 6.08 Å². The topological polar surface area (TPSA) is 121 Å². The fourth-order valence-corrected chi connectivity index (χ4v) is 3.65. The number of rotatable bonds is 10. The predicted molar refractivity (Wildman–Crippen MR) is 146 cm³/mol. The van der Waals surface area contributed by atoms with Crippen LogP contribution in [-0.4, -0.2) is 55.2 Å². The molecule has 0 unspecified atom stereocenters. The minimum absolute atomic E-state index is 0.0000214. The molecule has 1 fully saturated rings. The van der Waals surface area contributed by atoms with Crippen LogP contribution in [0.25, 0.3) is 12.2 Å². The SMILES string of the molecule is CCC1(C(=O)Oc2ccc(/C=C/C(=O)/C=C(O)/C=C/c3ccc(O)c(OC)c3)cc2OC)COC(C)(C)OC1. The Kier molecular flexibility index (Phi) is 9.56. The minimum atomic E-state index is -0.928. The van der Waals surface area contributed by atoms with E-state index in [4.69, 9.17) is 23.7 Å². The molecule has 0 aromatic heterocycles. The number of benzene rings is 2. The molecule has 0 atom stereocenters. The predicted octanol–water partition coefficient (Wildman–Crippen LogP) is 5.23. The maximum absolute atomic E-state index is 13.0. The van der Waals surface area contributed by atoms with Crippen LogP contribution >= 0.6 is 0 Å². The van der Waals surface area contributed by atoms with E-state index < -0.39 is 23.0 Å². The normalized spacial score (nSPS) is 16.8. The number of phenols is 1. The number of esters is 1. The molecule has 0 aliphatic carbocycles. The van der Waals surface area contributed by atoms with Crippen molar-refractivity contribution in [3.63, 3.8) is 0 Å². The Morgan fingerprint density at radius 1 is 0.923 bits per heavy atom. The van der Waals surface area contributed by atoms with Gasteiger partial charge in [-0.3, -0.25) is 9.59 Å². The maximum Gasteiger partial charge on any atom is 0.322 e. The van der Waals surface area contributed by atoms with Crippen molar-refractivity contribution in [1.82, 2.24) is 0 Å². The first-order valence-corrected chi connectivity index (χ1v) is 12.4. The van der Waals surface area contributed by atoms with Crippen molar-refractivity contribution in [2.45, 2.75) is 33.0 Å². The van der Waals surface area contributed by atoms with Crippen LogP contribution < -0.4 is 14.2 Å². The van der Waals surface area contributed by atoms with Crippen LogP contribution in [0.1, 0.15) is 38.3 Å². The van der Waals surface area contributed by atoms with Gasteiger partial charge in [-0.1, -0.05) is 31.2 Å². The molecule has 1 aliphatic rings. The number of aromatic hydroxyl groups is 1. The lowest BCUT2D eigenvalue weighted by Gasteiger charge is -2.41. The van der Waals surface area contributed by atoms with Gasteiger partial charge in [0.05, 0.1) is 27.4 Å². The summed E-state index contributed by atoms with van der Waals surface area (Å²) in [5, 5.41) is 19.8. The van der Waals surface area contributed by atoms with Gasteiger partial charge >= 0.3 is 5.97 Å². The zero-order valence-corrected chi connectivity index (χ0v) is 22.7. The number of aliphatic hydroxyl groups is 1. The fraction of sp³-hybridized carbons (Fsp3) is 0.333. The molecule has 2 aromatic carbocycles. The molecule has 1 saturated heterocycles. The van der Waals surface area contributed by atoms with Crippen LogP contribution in [0, 0.1) is 5.41 Å². The van der Waals surface area contributed by atoms with Crippen LogP contribution in [0.15, 0.2) is 60.4 Å². The number of carbonyl (C=O) groups excluding carboxylic acids is 2. The molecular weight excluding hydrogens is 504 g/mol. The number of allylic oxidation sites excluding steroid dienone is 3. The lowest BCUT2D eigenvalue weighted by molar-refractivity contribution is -0.283. The number of phenolic OH excluding ortho intramolecular Hbond substituents is 1. The van der Waals surface area contributed by atoms with Crippen molar-refractivity contribution in [2.75, 3.05) is 27.4 Å². The Bertz CT molecular complexity index is 1280. The second kappa shape index (κ2) is 12.6. The lowest BCUT2D eigenvalue weighted by Crippen LogP contribution is -2.51. The molecule has 2 N–H and O–H groups in total. The second-order valence-electron chi connectivity index (χ2n) is 9.48. The van der Waals surface area contributed by atoms with Crippen molar-refractivity contribution >= 4 is 23.9 Å². The smallest absolute Gasteiger partial charge is 0.322 e. The maximum atomic E-state index is 13.0. The van der Waals surface area contributed by atoms with Crippen molar-refractivity contribution < 1.29 is 43.5 Å². The summed E-state index contributed by atoms with van der Waals surface area (Å²) < 4.78 is 27.5. The van der Waals surface area contributed by atoms with E-state index in [1.807, 2.05) is 6.92 Å². The Balaban J connectivity index is 1.66. The van der Waals surface area contributed by atoms with Gasteiger partial charge < -0.3 is 33.9 Å². The van der Waals surface area contributed by atoms with Crippen LogP contribution in [0.2, 0.25) is 0 Å². The van der Waals surface area contributed by atoms with Gasteiger partial charge in [-0.05, 0) is 67.8 Å². The zero-order chi connectivity index (χ0) is 28.6. The number of hydrogen-bond donors (Lipinski definition) is 2. The average molecular weight is 539 g/mol. The van der Waals surface area contributed by atoms with Crippen molar-refractivity contribution in [2.24, 2.45) is 5.41 Å². The Morgan fingerprint density at radius 3 is 2.13 bits per heavy atom. The molecule has 0 bridgehead atoms. The van der Waals surface area contributed by atoms with Gasteiger partial charge in [0, 0.05) is 6.08 Å². The standard InChI is InChI=1S/C30H34O9/c1-6-30(18-37-29(2,3)38-19-30)28(34)39-25-14-10-21(16-27(25)36-5)8-12-23(32)17-22(31)11-7-20-9-13-24(33)26(15-20)35-4/h7-17,31,33H,6,18-19H2,1-5H3/b11-7+,12-8+,22-17-. The fourth-order valence-electron chi connectivity index (χ4n) is 3.65. The van der Waals surface area contributed by atoms with E-state index in [2.05, 4.69) is 0 Å². The van der Waals surface area contributed by atoms with Gasteiger partial charge in [-0.15, -0.1) is 0 Å². The largest absolute Gasteiger partial charge is 0.508 e.